The highest BCUT2D eigenvalue weighted by Crippen LogP contribution is 2.12. The van der Waals surface area contributed by atoms with E-state index >= 15 is 0 Å². The Bertz CT molecular complexity index is 101. The topological polar surface area (TPSA) is 51.4 Å². The van der Waals surface area contributed by atoms with Crippen molar-refractivity contribution in [2.45, 2.75) is 12.2 Å². The Morgan fingerprint density at radius 3 is 1.82 bits per heavy atom. The molecule has 0 bridgehead atoms. The fourth-order valence-electron chi connectivity index (χ4n) is 0.659. The van der Waals surface area contributed by atoms with Gasteiger partial charge in [0, 0.05) is 0 Å². The molecule has 64 valence electrons. The Morgan fingerprint density at radius 1 is 1.18 bits per heavy atom. The van der Waals surface area contributed by atoms with Crippen LogP contribution in [0, 0.1) is 0 Å². The van der Waals surface area contributed by atoms with Gasteiger partial charge in [-0.05, 0) is 0 Å². The summed E-state index contributed by atoms with van der Waals surface area (Å²) in [6.07, 6.45) is 0.785. The molecule has 0 N–H and O–H groups in total. The highest BCUT2D eigenvalue weighted by Gasteiger charge is 2.26. The van der Waals surface area contributed by atoms with Gasteiger partial charge in [-0.25, -0.2) is 0 Å². The number of hydrogen-bond donors (Lipinski definition) is 0. The van der Waals surface area contributed by atoms with Crippen molar-refractivity contribution in [3.8, 4) is 0 Å². The summed E-state index contributed by atoms with van der Waals surface area (Å²) < 4.78 is 23.3. The van der Waals surface area contributed by atoms with E-state index in [9.17, 15) is 0 Å². The van der Waals surface area contributed by atoms with Crippen molar-refractivity contribution in [1.82, 2.24) is 0 Å². The standard InChI is InChI=1S/C6H10O3.H2OP/c1(5-3-8-5)7-2-6-4-9-6;1-2/h5-6H,1-4H2;2H2/q;+1. The zero-order chi connectivity index (χ0) is 8.10. The molecule has 0 aromatic rings. The quantitative estimate of drug-likeness (QED) is 0.450. The molecule has 11 heavy (non-hydrogen) atoms. The molecule has 0 saturated carbocycles. The lowest BCUT2D eigenvalue weighted by molar-refractivity contribution is 0.102. The number of hydrogen-bond acceptors (Lipinski definition) is 4. The number of rotatable bonds is 4. The number of epoxide rings is 2. The second-order valence-corrected chi connectivity index (χ2v) is 2.45. The molecule has 0 spiro atoms. The zero-order valence-corrected chi connectivity index (χ0v) is 7.35. The van der Waals surface area contributed by atoms with Crippen molar-refractivity contribution in [2.24, 2.45) is 0 Å². The van der Waals surface area contributed by atoms with Crippen LogP contribution in [-0.4, -0.2) is 38.6 Å². The Balaban J connectivity index is 0.000000281. The van der Waals surface area contributed by atoms with E-state index in [4.69, 9.17) is 18.8 Å². The molecule has 2 heterocycles. The monoisotopic (exact) mass is 179 g/mol. The van der Waals surface area contributed by atoms with Gasteiger partial charge < -0.3 is 14.2 Å². The van der Waals surface area contributed by atoms with Crippen LogP contribution in [0.4, 0.5) is 0 Å². The van der Waals surface area contributed by atoms with Crippen LogP contribution in [0.5, 0.6) is 0 Å². The molecule has 3 unspecified atom stereocenters. The normalized spacial score (nSPS) is 32.0. The van der Waals surface area contributed by atoms with Gasteiger partial charge in [0.1, 0.15) is 12.2 Å². The van der Waals surface area contributed by atoms with E-state index in [2.05, 4.69) is 0 Å². The fourth-order valence-corrected chi connectivity index (χ4v) is 0.659. The first-order valence-corrected chi connectivity index (χ1v) is 3.97. The van der Waals surface area contributed by atoms with E-state index in [0.717, 1.165) is 26.4 Å². The van der Waals surface area contributed by atoms with Gasteiger partial charge >= 0.3 is 9.12 Å². The third-order valence-electron chi connectivity index (χ3n) is 1.41. The van der Waals surface area contributed by atoms with E-state index < -0.39 is 0 Å². The van der Waals surface area contributed by atoms with Crippen LogP contribution in [0.2, 0.25) is 0 Å². The molecule has 2 aliphatic heterocycles. The molecule has 4 nitrogen and oxygen atoms in total. The molecule has 0 amide bonds. The molecular formula is C6H12O4P+. The van der Waals surface area contributed by atoms with Crippen LogP contribution in [-0.2, 0) is 18.8 Å². The van der Waals surface area contributed by atoms with E-state index in [1.807, 2.05) is 0 Å². The molecule has 0 radical (unpaired) electrons. The first kappa shape index (κ1) is 9.07. The number of ether oxygens (including phenoxy) is 3. The van der Waals surface area contributed by atoms with E-state index in [1.54, 1.807) is 0 Å². The lowest BCUT2D eigenvalue weighted by atomic mass is 10.5. The van der Waals surface area contributed by atoms with Crippen molar-refractivity contribution in [3.63, 3.8) is 0 Å². The Kier molecular flexibility index (Phi) is 3.94. The van der Waals surface area contributed by atoms with Crippen LogP contribution in [0.25, 0.3) is 0 Å². The lowest BCUT2D eigenvalue weighted by Crippen LogP contribution is -2.06. The molecule has 5 heteroatoms. The van der Waals surface area contributed by atoms with Gasteiger partial charge in [0.05, 0.1) is 26.4 Å². The van der Waals surface area contributed by atoms with Gasteiger partial charge in [0.25, 0.3) is 0 Å². The molecule has 2 saturated heterocycles. The van der Waals surface area contributed by atoms with Crippen molar-refractivity contribution >= 4 is 9.12 Å². The van der Waals surface area contributed by atoms with Crippen LogP contribution >= 0.6 is 9.12 Å². The molecule has 0 aliphatic carbocycles. The maximum Gasteiger partial charge on any atom is 0.310 e. The van der Waals surface area contributed by atoms with Crippen molar-refractivity contribution in [3.05, 3.63) is 0 Å². The average molecular weight is 179 g/mol. The predicted molar refractivity (Wildman–Crippen MR) is 40.7 cm³/mol. The predicted octanol–water partition coefficient (Wildman–Crippen LogP) is 0.00760. The second kappa shape index (κ2) is 4.78. The largest absolute Gasteiger partial charge is 0.376 e. The summed E-state index contributed by atoms with van der Waals surface area (Å²) in [6.45, 7) is 3.26. The van der Waals surface area contributed by atoms with Crippen LogP contribution in [0.15, 0.2) is 0 Å². The maximum atomic E-state index is 8.17. The van der Waals surface area contributed by atoms with Gasteiger partial charge in [-0.2, -0.15) is 0 Å². The summed E-state index contributed by atoms with van der Waals surface area (Å²) in [4.78, 5) is 0. The molecule has 2 rings (SSSR count). The zero-order valence-electron chi connectivity index (χ0n) is 6.19. The summed E-state index contributed by atoms with van der Waals surface area (Å²) in [5, 5.41) is 0. The van der Waals surface area contributed by atoms with Gasteiger partial charge in [0.2, 0.25) is 0 Å². The maximum absolute atomic E-state index is 8.17. The minimum Gasteiger partial charge on any atom is -0.376 e. The lowest BCUT2D eigenvalue weighted by Gasteiger charge is -1.95. The SMILES string of the molecule is C(OCC1CO1)C1CO1.O=[PH2+]. The first-order valence-electron chi connectivity index (χ1n) is 3.49. The highest BCUT2D eigenvalue weighted by molar-refractivity contribution is 7.00. The van der Waals surface area contributed by atoms with Crippen molar-refractivity contribution in [2.75, 3.05) is 26.4 Å². The summed E-state index contributed by atoms with van der Waals surface area (Å²) in [5.41, 5.74) is 0. The molecular weight excluding hydrogens is 167 g/mol. The molecule has 0 aromatic heterocycles. The minimum atomic E-state index is 0.392. The summed E-state index contributed by atoms with van der Waals surface area (Å²) in [5.74, 6) is 0. The summed E-state index contributed by atoms with van der Waals surface area (Å²) >= 11 is 0. The van der Waals surface area contributed by atoms with Crippen LogP contribution < -0.4 is 0 Å². The van der Waals surface area contributed by atoms with Gasteiger partial charge in [0.15, 0.2) is 0 Å². The van der Waals surface area contributed by atoms with Crippen molar-refractivity contribution in [1.29, 1.82) is 0 Å². The van der Waals surface area contributed by atoms with E-state index in [-0.39, 0.29) is 0 Å². The van der Waals surface area contributed by atoms with E-state index in [1.165, 1.54) is 9.12 Å². The summed E-state index contributed by atoms with van der Waals surface area (Å²) in [6, 6.07) is 0. The molecule has 2 aliphatic rings. The molecule has 3 atom stereocenters. The van der Waals surface area contributed by atoms with Gasteiger partial charge in [-0.1, -0.05) is 4.57 Å². The Morgan fingerprint density at radius 2 is 1.55 bits per heavy atom. The first-order chi connectivity index (χ1) is 5.45. The Labute approximate surface area is 67.4 Å². The third-order valence-corrected chi connectivity index (χ3v) is 1.41. The minimum absolute atomic E-state index is 0.392. The van der Waals surface area contributed by atoms with Crippen LogP contribution in [0.3, 0.4) is 0 Å². The van der Waals surface area contributed by atoms with Crippen molar-refractivity contribution < 1.29 is 18.8 Å². The van der Waals surface area contributed by atoms with Gasteiger partial charge in [-0.3, -0.25) is 0 Å². The average Bonchev–Trinajstić information content (AvgIpc) is 2.86. The summed E-state index contributed by atoms with van der Waals surface area (Å²) in [7, 11) is 1.17. The second-order valence-electron chi connectivity index (χ2n) is 2.45. The smallest absolute Gasteiger partial charge is 0.310 e. The molecule has 2 fully saturated rings. The molecule has 0 aromatic carbocycles. The fraction of sp³-hybridized carbons (Fsp3) is 1.00. The van der Waals surface area contributed by atoms with Gasteiger partial charge in [-0.15, -0.1) is 0 Å². The third kappa shape index (κ3) is 4.43. The van der Waals surface area contributed by atoms with E-state index in [0.29, 0.717) is 12.2 Å². The van der Waals surface area contributed by atoms with Crippen LogP contribution in [0.1, 0.15) is 0 Å². The Hall–Kier alpha value is -0.0200. The highest BCUT2D eigenvalue weighted by atomic mass is 31.0.